The Morgan fingerprint density at radius 2 is 2.00 bits per heavy atom. The summed E-state index contributed by atoms with van der Waals surface area (Å²) in [5.41, 5.74) is 1.09. The van der Waals surface area contributed by atoms with E-state index in [4.69, 9.17) is 5.11 Å². The monoisotopic (exact) mass is 397 g/mol. The van der Waals surface area contributed by atoms with E-state index in [0.29, 0.717) is 6.54 Å². The molecule has 5 nitrogen and oxygen atoms in total. The maximum Gasteiger partial charge on any atom is 0.433 e. The Morgan fingerprint density at radius 3 is 2.43 bits per heavy atom. The van der Waals surface area contributed by atoms with Crippen molar-refractivity contribution >= 4 is 11.8 Å². The molecule has 2 N–H and O–H groups in total. The molecule has 1 aliphatic rings. The number of nitrogens with one attached hydrogen (secondary N) is 1. The fraction of sp³-hybridized carbons (Fsp3) is 0.400. The Bertz CT molecular complexity index is 732. The minimum atomic E-state index is -4.43. The molecule has 1 fully saturated rings. The number of rotatable bonds is 6. The summed E-state index contributed by atoms with van der Waals surface area (Å²) in [4.78, 5) is 15.6. The number of carboxylic acids is 1. The maximum absolute atomic E-state index is 12.5. The van der Waals surface area contributed by atoms with Gasteiger partial charge in [-0.1, -0.05) is 36.4 Å². The Balaban J connectivity index is 0.000000406. The second kappa shape index (κ2) is 10.7. The molecule has 1 aliphatic heterocycles. The second-order valence-corrected chi connectivity index (χ2v) is 6.71. The molecule has 0 aliphatic carbocycles. The number of halogens is 3. The van der Waals surface area contributed by atoms with E-state index in [-0.39, 0.29) is 11.7 Å². The van der Waals surface area contributed by atoms with Crippen molar-refractivity contribution < 1.29 is 23.1 Å². The fourth-order valence-corrected chi connectivity index (χ4v) is 2.21. The number of aliphatic carboxylic acids is 1. The zero-order valence-electron chi connectivity index (χ0n) is 16.3. The van der Waals surface area contributed by atoms with Gasteiger partial charge in [0, 0.05) is 19.6 Å². The Morgan fingerprint density at radius 1 is 1.36 bits per heavy atom. The molecule has 8 heteroatoms. The van der Waals surface area contributed by atoms with Crippen LogP contribution in [0.25, 0.3) is 0 Å². The van der Waals surface area contributed by atoms with Gasteiger partial charge in [-0.25, -0.2) is 4.98 Å². The number of likely N-dealkylation sites (tertiary alicyclic amines) is 1. The van der Waals surface area contributed by atoms with Crippen molar-refractivity contribution in [1.82, 2.24) is 9.88 Å². The molecule has 1 aromatic heterocycles. The summed E-state index contributed by atoms with van der Waals surface area (Å²) in [6, 6.07) is 3.76. The normalized spacial score (nSPS) is 15.0. The minimum absolute atomic E-state index is 0.0972. The quantitative estimate of drug-likeness (QED) is 0.704. The average Bonchev–Trinajstić information content (AvgIpc) is 2.59. The molecule has 0 radical (unpaired) electrons. The zero-order chi connectivity index (χ0) is 21.3. The molecular weight excluding hydrogens is 371 g/mol. The third kappa shape index (κ3) is 8.39. The van der Waals surface area contributed by atoms with Crippen LogP contribution in [0.4, 0.5) is 19.0 Å². The van der Waals surface area contributed by atoms with E-state index in [9.17, 15) is 18.0 Å². The number of allylic oxidation sites excluding steroid dienone is 3. The van der Waals surface area contributed by atoms with Crippen molar-refractivity contribution in [2.75, 3.05) is 32.0 Å². The summed E-state index contributed by atoms with van der Waals surface area (Å²) in [6.07, 6.45) is 0.998. The number of pyridine rings is 1. The smallest absolute Gasteiger partial charge is 0.433 e. The van der Waals surface area contributed by atoms with Gasteiger partial charge in [0.05, 0.1) is 5.92 Å². The van der Waals surface area contributed by atoms with E-state index >= 15 is 0 Å². The van der Waals surface area contributed by atoms with Crippen molar-refractivity contribution in [3.63, 3.8) is 0 Å². The first-order valence-corrected chi connectivity index (χ1v) is 8.69. The van der Waals surface area contributed by atoms with Gasteiger partial charge in [-0.3, -0.25) is 4.79 Å². The van der Waals surface area contributed by atoms with Crippen LogP contribution in [0, 0.1) is 5.92 Å². The second-order valence-electron chi connectivity index (χ2n) is 6.71. The van der Waals surface area contributed by atoms with Crippen LogP contribution in [0.1, 0.15) is 19.5 Å². The highest BCUT2D eigenvalue weighted by Gasteiger charge is 2.32. The highest BCUT2D eigenvalue weighted by Crippen LogP contribution is 2.28. The van der Waals surface area contributed by atoms with Gasteiger partial charge in [-0.2, -0.15) is 13.2 Å². The summed E-state index contributed by atoms with van der Waals surface area (Å²) < 4.78 is 37.6. The van der Waals surface area contributed by atoms with Crippen LogP contribution in [-0.2, 0) is 11.0 Å². The molecule has 0 unspecified atom stereocenters. The highest BCUT2D eigenvalue weighted by molar-refractivity contribution is 5.71. The number of anilines is 1. The van der Waals surface area contributed by atoms with Crippen LogP contribution in [0.3, 0.4) is 0 Å². The van der Waals surface area contributed by atoms with Crippen molar-refractivity contribution in [3.05, 3.63) is 59.8 Å². The first kappa shape index (κ1) is 23.4. The zero-order valence-corrected chi connectivity index (χ0v) is 16.3. The molecule has 1 aromatic rings. The van der Waals surface area contributed by atoms with Crippen LogP contribution < -0.4 is 5.32 Å². The van der Waals surface area contributed by atoms with Crippen molar-refractivity contribution in [2.24, 2.45) is 5.92 Å². The lowest BCUT2D eigenvalue weighted by atomic mass is 10.0. The number of alkyl halides is 3. The number of hydrogen-bond donors (Lipinski definition) is 2. The SMILES string of the molecule is C=C/C(=C\C=C(C)C)CNc1cccc(C(F)(F)F)n1.CN1CC(C(=O)O)C1. The van der Waals surface area contributed by atoms with Gasteiger partial charge in [0.2, 0.25) is 0 Å². The molecule has 28 heavy (non-hydrogen) atoms. The molecule has 0 bridgehead atoms. The standard InChI is InChI=1S/C15H17F3N2.C5H9NO2/c1-4-12(9-8-11(2)3)10-19-14-7-5-6-13(20-14)15(16,17)18;1-6-2-4(3-6)5(7)8/h4-9H,1,10H2,2-3H3,(H,19,20);4H,2-3H2,1H3,(H,7,8)/b12-9+;. The van der Waals surface area contributed by atoms with Gasteiger partial charge in [-0.05, 0) is 38.6 Å². The first-order chi connectivity index (χ1) is 13.0. The van der Waals surface area contributed by atoms with Crippen LogP contribution in [-0.4, -0.2) is 47.6 Å². The molecule has 0 aromatic carbocycles. The third-order valence-electron chi connectivity index (χ3n) is 3.82. The van der Waals surface area contributed by atoms with E-state index in [2.05, 4.69) is 16.9 Å². The predicted octanol–water partition coefficient (Wildman–Crippen LogP) is 4.22. The van der Waals surface area contributed by atoms with Gasteiger partial charge < -0.3 is 15.3 Å². The van der Waals surface area contributed by atoms with Crippen LogP contribution in [0.5, 0.6) is 0 Å². The van der Waals surface area contributed by atoms with Gasteiger partial charge >= 0.3 is 12.1 Å². The largest absolute Gasteiger partial charge is 0.481 e. The number of nitrogens with zero attached hydrogens (tertiary/aromatic N) is 2. The van der Waals surface area contributed by atoms with E-state index < -0.39 is 17.8 Å². The topological polar surface area (TPSA) is 65.5 Å². The van der Waals surface area contributed by atoms with Crippen LogP contribution in [0.15, 0.2) is 54.2 Å². The van der Waals surface area contributed by atoms with Gasteiger partial charge in [0.15, 0.2) is 0 Å². The van der Waals surface area contributed by atoms with Crippen LogP contribution in [0.2, 0.25) is 0 Å². The van der Waals surface area contributed by atoms with Crippen molar-refractivity contribution in [1.29, 1.82) is 0 Å². The molecule has 154 valence electrons. The van der Waals surface area contributed by atoms with E-state index in [1.807, 2.05) is 37.9 Å². The summed E-state index contributed by atoms with van der Waals surface area (Å²) >= 11 is 0. The molecule has 0 spiro atoms. The average molecular weight is 397 g/mol. The third-order valence-corrected chi connectivity index (χ3v) is 3.82. The van der Waals surface area contributed by atoms with Gasteiger partial charge in [0.1, 0.15) is 11.5 Å². The summed E-state index contributed by atoms with van der Waals surface area (Å²) in [7, 11) is 1.92. The number of aromatic nitrogens is 1. The molecular formula is C20H26F3N3O2. The van der Waals surface area contributed by atoms with Crippen LogP contribution >= 0.6 is 0 Å². The summed E-state index contributed by atoms with van der Waals surface area (Å²) in [5, 5.41) is 11.2. The Labute approximate surface area is 163 Å². The Kier molecular flexibility index (Phi) is 8.91. The van der Waals surface area contributed by atoms with E-state index in [0.717, 1.165) is 30.3 Å². The molecule has 2 heterocycles. The van der Waals surface area contributed by atoms with E-state index in [1.54, 1.807) is 6.08 Å². The molecule has 0 amide bonds. The maximum atomic E-state index is 12.5. The lowest BCUT2D eigenvalue weighted by Gasteiger charge is -2.32. The van der Waals surface area contributed by atoms with E-state index in [1.165, 1.54) is 12.1 Å². The van der Waals surface area contributed by atoms with Gasteiger partial charge in [-0.15, -0.1) is 0 Å². The lowest BCUT2D eigenvalue weighted by molar-refractivity contribution is -0.146. The Hall–Kier alpha value is -2.61. The van der Waals surface area contributed by atoms with Crippen molar-refractivity contribution in [3.8, 4) is 0 Å². The fourth-order valence-electron chi connectivity index (χ4n) is 2.21. The van der Waals surface area contributed by atoms with Gasteiger partial charge in [0.25, 0.3) is 0 Å². The molecule has 0 atom stereocenters. The molecule has 1 saturated heterocycles. The first-order valence-electron chi connectivity index (χ1n) is 8.69. The lowest BCUT2D eigenvalue weighted by Crippen LogP contribution is -2.47. The molecule has 0 saturated carbocycles. The minimum Gasteiger partial charge on any atom is -0.481 e. The summed E-state index contributed by atoms with van der Waals surface area (Å²) in [5.74, 6) is -0.576. The molecule has 2 rings (SSSR count). The van der Waals surface area contributed by atoms with Crippen molar-refractivity contribution in [2.45, 2.75) is 20.0 Å². The summed E-state index contributed by atoms with van der Waals surface area (Å²) in [6.45, 7) is 9.38. The predicted molar refractivity (Wildman–Crippen MR) is 104 cm³/mol. The number of hydrogen-bond acceptors (Lipinski definition) is 4. The highest BCUT2D eigenvalue weighted by atomic mass is 19.4. The number of carbonyl (C=O) groups is 1. The number of carboxylic acid groups (broad SMARTS) is 1.